The normalized spacial score (nSPS) is 11.9. The van der Waals surface area contributed by atoms with E-state index in [2.05, 4.69) is 5.32 Å². The average Bonchev–Trinajstić information content (AvgIpc) is 2.87. The van der Waals surface area contributed by atoms with Gasteiger partial charge in [-0.3, -0.25) is 0 Å². The van der Waals surface area contributed by atoms with Gasteiger partial charge in [0.2, 0.25) is 0 Å². The molecule has 0 radical (unpaired) electrons. The number of anilines is 1. The third kappa shape index (κ3) is 6.66. The Kier molecular flexibility index (Phi) is 8.76. The number of halogens is 1. The number of nitrogens with one attached hydrogen (secondary N) is 1. The van der Waals surface area contributed by atoms with Gasteiger partial charge in [0.25, 0.3) is 0 Å². The number of ether oxygens (including phenoxy) is 2. The van der Waals surface area contributed by atoms with E-state index in [9.17, 15) is 17.6 Å². The van der Waals surface area contributed by atoms with Crippen molar-refractivity contribution >= 4 is 21.8 Å². The summed E-state index contributed by atoms with van der Waals surface area (Å²) < 4.78 is 54.5. The van der Waals surface area contributed by atoms with Crippen LogP contribution < -0.4 is 19.0 Å². The zero-order chi connectivity index (χ0) is 26.3. The molecule has 0 unspecified atom stereocenters. The van der Waals surface area contributed by atoms with Crippen molar-refractivity contribution in [3.8, 4) is 17.2 Å². The Balaban J connectivity index is 1.86. The van der Waals surface area contributed by atoms with Crippen LogP contribution in [0.25, 0.3) is 0 Å². The van der Waals surface area contributed by atoms with E-state index in [1.165, 1.54) is 13.2 Å². The van der Waals surface area contributed by atoms with Crippen LogP contribution in [0.2, 0.25) is 0 Å². The van der Waals surface area contributed by atoms with Crippen molar-refractivity contribution in [1.82, 2.24) is 4.90 Å². The molecule has 0 saturated heterocycles. The molecule has 0 fully saturated rings. The van der Waals surface area contributed by atoms with Gasteiger partial charge in [0.05, 0.1) is 14.2 Å². The number of benzene rings is 3. The lowest BCUT2D eigenvalue weighted by atomic mass is 10.1. The number of hydrogen-bond acceptors (Lipinski definition) is 6. The number of rotatable bonds is 10. The fourth-order valence-electron chi connectivity index (χ4n) is 3.39. The van der Waals surface area contributed by atoms with Crippen LogP contribution >= 0.6 is 0 Å². The highest BCUT2D eigenvalue weighted by molar-refractivity contribution is 7.87. The van der Waals surface area contributed by atoms with Gasteiger partial charge in [-0.05, 0) is 67.4 Å². The molecule has 3 rings (SSSR count). The maximum Gasteiger partial charge on any atom is 0.339 e. The molecule has 1 atom stereocenters. The van der Waals surface area contributed by atoms with E-state index in [1.54, 1.807) is 48.4 Å². The molecule has 0 bridgehead atoms. The second-order valence-corrected chi connectivity index (χ2v) is 9.57. The zero-order valence-electron chi connectivity index (χ0n) is 20.5. The summed E-state index contributed by atoms with van der Waals surface area (Å²) in [5.41, 5.74) is 1.21. The van der Waals surface area contributed by atoms with E-state index in [4.69, 9.17) is 13.7 Å². The van der Waals surface area contributed by atoms with Crippen LogP contribution in [0.3, 0.4) is 0 Å². The molecular formula is C26H29FN2O6S. The molecule has 1 N–H and O–H groups in total. The summed E-state index contributed by atoms with van der Waals surface area (Å²) in [5.74, 6) is 0.199. The van der Waals surface area contributed by atoms with E-state index >= 15 is 0 Å². The minimum atomic E-state index is -4.24. The standard InChI is InChI=1S/C26H29FN2O6S/c1-5-18(2)29(26(30)28-21-7-6-8-22(16-21)33-3)17-19-9-14-24(34-4)25(15-19)35-36(31,32)23-12-10-20(27)11-13-23/h6-16,18H,5,17H2,1-4H3,(H,28,30)/t18-/m0/s1. The summed E-state index contributed by atoms with van der Waals surface area (Å²) in [5, 5.41) is 2.88. The lowest BCUT2D eigenvalue weighted by molar-refractivity contribution is 0.187. The van der Waals surface area contributed by atoms with E-state index in [0.717, 1.165) is 24.3 Å². The van der Waals surface area contributed by atoms with Crippen molar-refractivity contribution in [2.75, 3.05) is 19.5 Å². The molecule has 0 aliphatic carbocycles. The number of carbonyl (C=O) groups is 1. The van der Waals surface area contributed by atoms with Gasteiger partial charge in [-0.25, -0.2) is 9.18 Å². The molecule has 8 nitrogen and oxygen atoms in total. The van der Waals surface area contributed by atoms with Crippen molar-refractivity contribution in [2.24, 2.45) is 0 Å². The summed E-state index contributed by atoms with van der Waals surface area (Å²) in [4.78, 5) is 14.6. The van der Waals surface area contributed by atoms with Crippen LogP contribution in [0.5, 0.6) is 17.2 Å². The molecule has 0 heterocycles. The molecule has 10 heteroatoms. The van der Waals surface area contributed by atoms with Crippen molar-refractivity contribution in [3.63, 3.8) is 0 Å². The molecule has 0 aliphatic heterocycles. The van der Waals surface area contributed by atoms with Crippen LogP contribution in [0, 0.1) is 5.82 Å². The number of methoxy groups -OCH3 is 2. The number of urea groups is 1. The molecular weight excluding hydrogens is 487 g/mol. The Labute approximate surface area is 210 Å². The summed E-state index contributed by atoms with van der Waals surface area (Å²) in [6, 6.07) is 15.7. The minimum absolute atomic E-state index is 0.0448. The lowest BCUT2D eigenvalue weighted by Gasteiger charge is -2.29. The fraction of sp³-hybridized carbons (Fsp3) is 0.269. The summed E-state index contributed by atoms with van der Waals surface area (Å²) in [6.45, 7) is 4.07. The predicted molar refractivity (Wildman–Crippen MR) is 135 cm³/mol. The topological polar surface area (TPSA) is 94.2 Å². The molecule has 0 aliphatic rings. The third-order valence-electron chi connectivity index (χ3n) is 5.59. The minimum Gasteiger partial charge on any atom is -0.497 e. The predicted octanol–water partition coefficient (Wildman–Crippen LogP) is 5.44. The number of nitrogens with zero attached hydrogens (tertiary/aromatic N) is 1. The van der Waals surface area contributed by atoms with Gasteiger partial charge in [0.15, 0.2) is 11.5 Å². The first-order valence-corrected chi connectivity index (χ1v) is 12.7. The van der Waals surface area contributed by atoms with Crippen LogP contribution in [-0.2, 0) is 16.7 Å². The van der Waals surface area contributed by atoms with Crippen LogP contribution in [-0.4, -0.2) is 39.6 Å². The zero-order valence-corrected chi connectivity index (χ0v) is 21.3. The number of hydrogen-bond donors (Lipinski definition) is 1. The van der Waals surface area contributed by atoms with Crippen LogP contribution in [0.15, 0.2) is 71.6 Å². The van der Waals surface area contributed by atoms with E-state index in [1.807, 2.05) is 13.8 Å². The van der Waals surface area contributed by atoms with Crippen LogP contribution in [0.1, 0.15) is 25.8 Å². The maximum absolute atomic E-state index is 13.2. The Morgan fingerprint density at radius 2 is 1.72 bits per heavy atom. The molecule has 2 amide bonds. The molecule has 3 aromatic carbocycles. The van der Waals surface area contributed by atoms with Crippen molar-refractivity contribution < 1.29 is 31.3 Å². The van der Waals surface area contributed by atoms with Crippen molar-refractivity contribution in [1.29, 1.82) is 0 Å². The van der Waals surface area contributed by atoms with Crippen molar-refractivity contribution in [3.05, 3.63) is 78.1 Å². The Hall–Kier alpha value is -3.79. The van der Waals surface area contributed by atoms with Gasteiger partial charge in [0.1, 0.15) is 16.5 Å². The maximum atomic E-state index is 13.2. The summed E-state index contributed by atoms with van der Waals surface area (Å²) in [7, 11) is -1.31. The third-order valence-corrected chi connectivity index (χ3v) is 6.84. The SMILES string of the molecule is CC[C@H](C)N(Cc1ccc(OC)c(OS(=O)(=O)c2ccc(F)cc2)c1)C(=O)Nc1cccc(OC)c1. The monoisotopic (exact) mass is 516 g/mol. The van der Waals surface area contributed by atoms with E-state index in [0.29, 0.717) is 23.4 Å². The molecule has 3 aromatic rings. The van der Waals surface area contributed by atoms with Gasteiger partial charge < -0.3 is 23.9 Å². The summed E-state index contributed by atoms with van der Waals surface area (Å²) >= 11 is 0. The quantitative estimate of drug-likeness (QED) is 0.361. The van der Waals surface area contributed by atoms with Gasteiger partial charge >= 0.3 is 16.1 Å². The van der Waals surface area contributed by atoms with E-state index in [-0.39, 0.29) is 35.0 Å². The first-order chi connectivity index (χ1) is 17.2. The van der Waals surface area contributed by atoms with E-state index < -0.39 is 15.9 Å². The molecule has 192 valence electrons. The average molecular weight is 517 g/mol. The first-order valence-electron chi connectivity index (χ1n) is 11.3. The Morgan fingerprint density at radius 1 is 1.00 bits per heavy atom. The van der Waals surface area contributed by atoms with Crippen LogP contribution in [0.4, 0.5) is 14.9 Å². The molecule has 0 spiro atoms. The smallest absolute Gasteiger partial charge is 0.339 e. The second-order valence-electron chi connectivity index (χ2n) is 8.02. The number of amides is 2. The highest BCUT2D eigenvalue weighted by atomic mass is 32.2. The first kappa shape index (κ1) is 26.8. The Bertz CT molecular complexity index is 1300. The highest BCUT2D eigenvalue weighted by Crippen LogP contribution is 2.32. The fourth-order valence-corrected chi connectivity index (χ4v) is 4.33. The van der Waals surface area contributed by atoms with Crippen molar-refractivity contribution in [2.45, 2.75) is 37.8 Å². The summed E-state index contributed by atoms with van der Waals surface area (Å²) in [6.07, 6.45) is 0.698. The second kappa shape index (κ2) is 11.8. The van der Waals surface area contributed by atoms with Gasteiger partial charge in [-0.15, -0.1) is 0 Å². The highest BCUT2D eigenvalue weighted by Gasteiger charge is 2.23. The van der Waals surface area contributed by atoms with Gasteiger partial charge in [-0.2, -0.15) is 8.42 Å². The van der Waals surface area contributed by atoms with Gasteiger partial charge in [0, 0.05) is 24.3 Å². The lowest BCUT2D eigenvalue weighted by Crippen LogP contribution is -2.40. The molecule has 36 heavy (non-hydrogen) atoms. The molecule has 0 saturated carbocycles. The number of carbonyl (C=O) groups excluding carboxylic acids is 1. The molecule has 0 aromatic heterocycles. The van der Waals surface area contributed by atoms with Gasteiger partial charge in [-0.1, -0.05) is 19.1 Å². The largest absolute Gasteiger partial charge is 0.497 e. The Morgan fingerprint density at radius 3 is 2.36 bits per heavy atom.